The molecule has 0 aromatic carbocycles. The lowest BCUT2D eigenvalue weighted by Gasteiger charge is -2.07. The van der Waals surface area contributed by atoms with E-state index in [9.17, 15) is 8.42 Å². The summed E-state index contributed by atoms with van der Waals surface area (Å²) in [6.07, 6.45) is 2.72. The number of aromatic nitrogens is 3. The predicted octanol–water partition coefficient (Wildman–Crippen LogP) is 0.0194. The molecule has 6 nitrogen and oxygen atoms in total. The molecule has 0 amide bonds. The number of hydrogen-bond donors (Lipinski definition) is 2. The third-order valence-electron chi connectivity index (χ3n) is 2.22. The van der Waals surface area contributed by atoms with Gasteiger partial charge in [0.05, 0.1) is 23.7 Å². The minimum absolute atomic E-state index is 0.187. The lowest BCUT2D eigenvalue weighted by Crippen LogP contribution is -2.14. The van der Waals surface area contributed by atoms with E-state index in [0.29, 0.717) is 18.5 Å². The van der Waals surface area contributed by atoms with E-state index >= 15 is 0 Å². The Kier molecular flexibility index (Phi) is 4.22. The molecule has 1 aromatic rings. The third kappa shape index (κ3) is 3.96. The van der Waals surface area contributed by atoms with Gasteiger partial charge < -0.3 is 5.73 Å². The monoisotopic (exact) mass is 232 g/mol. The first-order chi connectivity index (χ1) is 7.05. The van der Waals surface area contributed by atoms with Crippen molar-refractivity contribution in [1.29, 1.82) is 0 Å². The van der Waals surface area contributed by atoms with Crippen LogP contribution in [0, 0.1) is 0 Å². The number of nitrogens with one attached hydrogen (secondary N) is 1. The molecule has 0 radical (unpaired) electrons. The van der Waals surface area contributed by atoms with Gasteiger partial charge in [0.1, 0.15) is 9.84 Å². The summed E-state index contributed by atoms with van der Waals surface area (Å²) in [5.74, 6) is 0.376. The minimum atomic E-state index is -2.88. The highest BCUT2D eigenvalue weighted by Gasteiger charge is 2.11. The fraction of sp³-hybridized carbons (Fsp3) is 0.750. The highest BCUT2D eigenvalue weighted by Crippen LogP contribution is 2.12. The van der Waals surface area contributed by atoms with Gasteiger partial charge in [-0.1, -0.05) is 6.92 Å². The summed E-state index contributed by atoms with van der Waals surface area (Å²) in [7, 11) is -2.88. The second-order valence-corrected chi connectivity index (χ2v) is 5.85. The lowest BCUT2D eigenvalue weighted by molar-refractivity contribution is 0.580. The molecule has 0 spiro atoms. The lowest BCUT2D eigenvalue weighted by atomic mass is 10.1. The summed E-state index contributed by atoms with van der Waals surface area (Å²) in [5.41, 5.74) is 6.46. The van der Waals surface area contributed by atoms with Gasteiger partial charge in [0.2, 0.25) is 0 Å². The highest BCUT2D eigenvalue weighted by atomic mass is 32.2. The summed E-state index contributed by atoms with van der Waals surface area (Å²) in [6.45, 7) is 1.65. The standard InChI is InChI=1S/C8H16N4O2S/c1-2-15(13,14)5-3-4-7(9)8-6-10-12-11-8/h6-7H,2-5,9H2,1H3,(H,10,11,12). The molecule has 0 aliphatic rings. The molecular weight excluding hydrogens is 216 g/mol. The molecule has 1 atom stereocenters. The molecule has 0 fully saturated rings. The molecule has 3 N–H and O–H groups in total. The van der Waals surface area contributed by atoms with Gasteiger partial charge in [-0.05, 0) is 12.8 Å². The van der Waals surface area contributed by atoms with E-state index in [4.69, 9.17) is 5.73 Å². The highest BCUT2D eigenvalue weighted by molar-refractivity contribution is 7.91. The number of hydrogen-bond acceptors (Lipinski definition) is 5. The van der Waals surface area contributed by atoms with Gasteiger partial charge in [0, 0.05) is 5.75 Å². The molecule has 1 heterocycles. The van der Waals surface area contributed by atoms with E-state index in [1.807, 2.05) is 0 Å². The van der Waals surface area contributed by atoms with Crippen LogP contribution in [-0.4, -0.2) is 35.3 Å². The molecule has 0 saturated carbocycles. The molecule has 1 rings (SSSR count). The van der Waals surface area contributed by atoms with Crippen LogP contribution >= 0.6 is 0 Å². The Bertz CT molecular complexity index is 373. The van der Waals surface area contributed by atoms with Crippen LogP contribution in [0.5, 0.6) is 0 Å². The van der Waals surface area contributed by atoms with Crippen molar-refractivity contribution in [3.8, 4) is 0 Å². The zero-order valence-corrected chi connectivity index (χ0v) is 9.50. The van der Waals surface area contributed by atoms with Crippen molar-refractivity contribution in [2.45, 2.75) is 25.8 Å². The number of aromatic amines is 1. The van der Waals surface area contributed by atoms with Crippen LogP contribution in [0.1, 0.15) is 31.5 Å². The topological polar surface area (TPSA) is 102 Å². The van der Waals surface area contributed by atoms with E-state index < -0.39 is 9.84 Å². The normalized spacial score (nSPS) is 14.0. The van der Waals surface area contributed by atoms with Crippen molar-refractivity contribution in [2.24, 2.45) is 5.73 Å². The van der Waals surface area contributed by atoms with E-state index in [1.54, 1.807) is 13.1 Å². The average Bonchev–Trinajstić information content (AvgIpc) is 2.70. The van der Waals surface area contributed by atoms with Gasteiger partial charge in [-0.2, -0.15) is 15.4 Å². The molecule has 86 valence electrons. The fourth-order valence-corrected chi connectivity index (χ4v) is 2.10. The van der Waals surface area contributed by atoms with Crippen molar-refractivity contribution in [3.63, 3.8) is 0 Å². The van der Waals surface area contributed by atoms with Crippen molar-refractivity contribution >= 4 is 9.84 Å². The molecule has 0 saturated heterocycles. The van der Waals surface area contributed by atoms with Crippen LogP contribution in [-0.2, 0) is 9.84 Å². The fourth-order valence-electron chi connectivity index (χ4n) is 1.20. The summed E-state index contributed by atoms with van der Waals surface area (Å²) in [6, 6.07) is -0.240. The van der Waals surface area contributed by atoms with E-state index in [-0.39, 0.29) is 17.5 Å². The van der Waals surface area contributed by atoms with Crippen molar-refractivity contribution in [2.75, 3.05) is 11.5 Å². The molecule has 0 bridgehead atoms. The Hall–Kier alpha value is -0.950. The molecule has 1 unspecified atom stereocenters. The van der Waals surface area contributed by atoms with E-state index in [0.717, 1.165) is 0 Å². The summed E-state index contributed by atoms with van der Waals surface area (Å²) >= 11 is 0. The van der Waals surface area contributed by atoms with Gasteiger partial charge in [0.15, 0.2) is 0 Å². The summed E-state index contributed by atoms with van der Waals surface area (Å²) < 4.78 is 22.4. The van der Waals surface area contributed by atoms with Gasteiger partial charge in [-0.15, -0.1) is 0 Å². The Morgan fingerprint density at radius 1 is 1.60 bits per heavy atom. The van der Waals surface area contributed by atoms with Crippen LogP contribution in [0.25, 0.3) is 0 Å². The minimum Gasteiger partial charge on any atom is -0.323 e. The summed E-state index contributed by atoms with van der Waals surface area (Å²) in [4.78, 5) is 0. The first kappa shape index (κ1) is 12.1. The van der Waals surface area contributed by atoms with Crippen LogP contribution in [0.3, 0.4) is 0 Å². The first-order valence-corrected chi connectivity index (χ1v) is 6.69. The molecule has 0 aliphatic carbocycles. The van der Waals surface area contributed by atoms with E-state index in [2.05, 4.69) is 15.4 Å². The van der Waals surface area contributed by atoms with Crippen LogP contribution in [0.15, 0.2) is 6.20 Å². The van der Waals surface area contributed by atoms with E-state index in [1.165, 1.54) is 0 Å². The summed E-state index contributed by atoms with van der Waals surface area (Å²) in [5, 5.41) is 9.95. The van der Waals surface area contributed by atoms with Crippen LogP contribution in [0.2, 0.25) is 0 Å². The molecule has 1 aromatic heterocycles. The number of sulfone groups is 1. The smallest absolute Gasteiger partial charge is 0.150 e. The van der Waals surface area contributed by atoms with Crippen molar-refractivity contribution < 1.29 is 8.42 Å². The van der Waals surface area contributed by atoms with Crippen molar-refractivity contribution in [3.05, 3.63) is 11.9 Å². The maximum atomic E-state index is 11.2. The number of nitrogens with two attached hydrogens (primary N) is 1. The molecule has 7 heteroatoms. The van der Waals surface area contributed by atoms with Gasteiger partial charge >= 0.3 is 0 Å². The van der Waals surface area contributed by atoms with Crippen molar-refractivity contribution in [1.82, 2.24) is 15.4 Å². The maximum Gasteiger partial charge on any atom is 0.150 e. The number of H-pyrrole nitrogens is 1. The Morgan fingerprint density at radius 3 is 2.87 bits per heavy atom. The van der Waals surface area contributed by atoms with Crippen LogP contribution in [0.4, 0.5) is 0 Å². The second-order valence-electron chi connectivity index (χ2n) is 3.38. The molecule has 0 aliphatic heterocycles. The van der Waals surface area contributed by atoms with Gasteiger partial charge in [0.25, 0.3) is 0 Å². The SMILES string of the molecule is CCS(=O)(=O)CCCC(N)c1cn[nH]n1. The largest absolute Gasteiger partial charge is 0.323 e. The number of nitrogens with zero attached hydrogens (tertiary/aromatic N) is 2. The third-order valence-corrected chi connectivity index (χ3v) is 4.01. The average molecular weight is 232 g/mol. The zero-order valence-electron chi connectivity index (χ0n) is 8.68. The van der Waals surface area contributed by atoms with Crippen LogP contribution < -0.4 is 5.73 Å². The number of rotatable bonds is 6. The zero-order chi connectivity index (χ0) is 11.3. The molecular formula is C8H16N4O2S. The Morgan fingerprint density at radius 2 is 2.33 bits per heavy atom. The van der Waals surface area contributed by atoms with Gasteiger partial charge in [-0.3, -0.25) is 0 Å². The maximum absolute atomic E-state index is 11.2. The molecule has 15 heavy (non-hydrogen) atoms. The Balaban J connectivity index is 2.33. The van der Waals surface area contributed by atoms with Gasteiger partial charge in [-0.25, -0.2) is 8.42 Å². The predicted molar refractivity (Wildman–Crippen MR) is 56.9 cm³/mol. The first-order valence-electron chi connectivity index (χ1n) is 4.87. The Labute approximate surface area is 89.2 Å². The quantitative estimate of drug-likeness (QED) is 0.720. The second kappa shape index (κ2) is 5.22.